The van der Waals surface area contributed by atoms with Crippen molar-refractivity contribution < 1.29 is 19.1 Å². The molecule has 2 N–H and O–H groups in total. The van der Waals surface area contributed by atoms with E-state index in [0.717, 1.165) is 0 Å². The van der Waals surface area contributed by atoms with E-state index >= 15 is 0 Å². The number of nitrogens with one attached hydrogen (secondary N) is 2. The number of halogens is 2. The normalized spacial score (nSPS) is 10.2. The number of rotatable bonds is 7. The van der Waals surface area contributed by atoms with Crippen LogP contribution in [0.25, 0.3) is 0 Å². The molecule has 0 atom stereocenters. The molecule has 30 heavy (non-hydrogen) atoms. The van der Waals surface area contributed by atoms with Crippen molar-refractivity contribution in [2.45, 2.75) is 0 Å². The summed E-state index contributed by atoms with van der Waals surface area (Å²) in [6.07, 6.45) is 0. The summed E-state index contributed by atoms with van der Waals surface area (Å²) in [6.45, 7) is -0.282. The lowest BCUT2D eigenvalue weighted by Crippen LogP contribution is -2.22. The number of methoxy groups -OCH3 is 1. The highest BCUT2D eigenvalue weighted by molar-refractivity contribution is 6.35. The zero-order valence-electron chi connectivity index (χ0n) is 15.9. The van der Waals surface area contributed by atoms with Gasteiger partial charge in [-0.1, -0.05) is 35.3 Å². The molecule has 0 aromatic heterocycles. The lowest BCUT2D eigenvalue weighted by molar-refractivity contribution is -0.118. The van der Waals surface area contributed by atoms with E-state index in [1.54, 1.807) is 67.8 Å². The number of hydrogen-bond donors (Lipinski definition) is 2. The monoisotopic (exact) mass is 444 g/mol. The summed E-state index contributed by atoms with van der Waals surface area (Å²) in [5.41, 5.74) is 1.27. The van der Waals surface area contributed by atoms with Crippen molar-refractivity contribution in [3.8, 4) is 11.5 Å². The van der Waals surface area contributed by atoms with Crippen LogP contribution in [0.3, 0.4) is 0 Å². The first-order valence-electron chi connectivity index (χ1n) is 8.88. The topological polar surface area (TPSA) is 76.7 Å². The summed E-state index contributed by atoms with van der Waals surface area (Å²) in [6, 6.07) is 18.3. The van der Waals surface area contributed by atoms with Gasteiger partial charge < -0.3 is 20.1 Å². The van der Waals surface area contributed by atoms with Gasteiger partial charge in [-0.2, -0.15) is 0 Å². The number of hydrogen-bond acceptors (Lipinski definition) is 4. The minimum absolute atomic E-state index is 0.282. The second-order valence-electron chi connectivity index (χ2n) is 6.14. The van der Waals surface area contributed by atoms with Gasteiger partial charge in [0.2, 0.25) is 0 Å². The van der Waals surface area contributed by atoms with Crippen LogP contribution in [0.2, 0.25) is 10.0 Å². The molecule has 0 aliphatic carbocycles. The van der Waals surface area contributed by atoms with Crippen LogP contribution in [0.1, 0.15) is 10.4 Å². The summed E-state index contributed by atoms with van der Waals surface area (Å²) in [7, 11) is 1.57. The van der Waals surface area contributed by atoms with Gasteiger partial charge in [-0.15, -0.1) is 0 Å². The Hall–Kier alpha value is -3.22. The van der Waals surface area contributed by atoms with Crippen LogP contribution >= 0.6 is 23.2 Å². The zero-order valence-corrected chi connectivity index (χ0v) is 17.5. The van der Waals surface area contributed by atoms with E-state index in [1.807, 2.05) is 0 Å². The molecular formula is C22H18Cl2N2O4. The molecule has 154 valence electrons. The van der Waals surface area contributed by atoms with Crippen molar-refractivity contribution in [2.75, 3.05) is 24.4 Å². The van der Waals surface area contributed by atoms with Crippen molar-refractivity contribution in [3.63, 3.8) is 0 Å². The Balaban J connectivity index is 1.65. The maximum Gasteiger partial charge on any atom is 0.262 e. The molecule has 3 rings (SSSR count). The predicted octanol–water partition coefficient (Wildman–Crippen LogP) is 5.27. The third kappa shape index (κ3) is 5.65. The molecule has 0 saturated carbocycles. The Morgan fingerprint density at radius 1 is 0.933 bits per heavy atom. The van der Waals surface area contributed by atoms with Crippen molar-refractivity contribution in [2.24, 2.45) is 0 Å². The standard InChI is InChI=1S/C22H18Cl2N2O4/c1-29-16-9-7-15(8-10-16)25-22(28)17-4-2-3-5-19(17)26-21(27)13-30-20-11-6-14(23)12-18(20)24/h2-12H,13H2,1H3,(H,25,28)(H,26,27). The van der Waals surface area contributed by atoms with E-state index < -0.39 is 5.91 Å². The summed E-state index contributed by atoms with van der Waals surface area (Å²) >= 11 is 11.9. The molecule has 0 unspecified atom stereocenters. The van der Waals surface area contributed by atoms with Gasteiger partial charge >= 0.3 is 0 Å². The van der Waals surface area contributed by atoms with Crippen LogP contribution in [0.15, 0.2) is 66.7 Å². The van der Waals surface area contributed by atoms with Gasteiger partial charge in [0.1, 0.15) is 11.5 Å². The maximum atomic E-state index is 12.7. The van der Waals surface area contributed by atoms with Gasteiger partial charge in [0, 0.05) is 10.7 Å². The number of carbonyl (C=O) groups is 2. The lowest BCUT2D eigenvalue weighted by atomic mass is 10.1. The SMILES string of the molecule is COc1ccc(NC(=O)c2ccccc2NC(=O)COc2ccc(Cl)cc2Cl)cc1. The first kappa shape index (κ1) is 21.5. The number of benzene rings is 3. The summed E-state index contributed by atoms with van der Waals surface area (Å²) in [4.78, 5) is 25.0. The molecule has 0 heterocycles. The van der Waals surface area contributed by atoms with Crippen LogP contribution in [-0.4, -0.2) is 25.5 Å². The van der Waals surface area contributed by atoms with Crippen molar-refractivity contribution in [1.82, 2.24) is 0 Å². The molecule has 0 spiro atoms. The fourth-order valence-electron chi connectivity index (χ4n) is 2.58. The molecule has 3 aromatic carbocycles. The van der Waals surface area contributed by atoms with Crippen molar-refractivity contribution in [3.05, 3.63) is 82.3 Å². The lowest BCUT2D eigenvalue weighted by Gasteiger charge is -2.13. The molecule has 6 nitrogen and oxygen atoms in total. The van der Waals surface area contributed by atoms with Gasteiger partial charge in [-0.3, -0.25) is 9.59 Å². The number of anilines is 2. The second-order valence-corrected chi connectivity index (χ2v) is 6.98. The molecule has 0 aliphatic rings. The molecule has 0 aliphatic heterocycles. The smallest absolute Gasteiger partial charge is 0.262 e. The van der Waals surface area contributed by atoms with Crippen molar-refractivity contribution in [1.29, 1.82) is 0 Å². The van der Waals surface area contributed by atoms with E-state index in [-0.39, 0.29) is 12.5 Å². The van der Waals surface area contributed by atoms with E-state index in [2.05, 4.69) is 10.6 Å². The summed E-state index contributed by atoms with van der Waals surface area (Å²) < 4.78 is 10.5. The van der Waals surface area contributed by atoms with Crippen LogP contribution < -0.4 is 20.1 Å². The summed E-state index contributed by atoms with van der Waals surface area (Å²) in [5, 5.41) is 6.24. The average Bonchev–Trinajstić information content (AvgIpc) is 2.74. The van der Waals surface area contributed by atoms with E-state index in [0.29, 0.717) is 38.5 Å². The highest BCUT2D eigenvalue weighted by atomic mass is 35.5. The minimum Gasteiger partial charge on any atom is -0.497 e. The number of amides is 2. The molecule has 2 amide bonds. The minimum atomic E-state index is -0.439. The first-order valence-corrected chi connectivity index (χ1v) is 9.64. The van der Waals surface area contributed by atoms with Crippen molar-refractivity contribution >= 4 is 46.4 Å². The number of para-hydroxylation sites is 1. The van der Waals surface area contributed by atoms with Gasteiger partial charge in [-0.25, -0.2) is 0 Å². The quantitative estimate of drug-likeness (QED) is 0.520. The van der Waals surface area contributed by atoms with E-state index in [9.17, 15) is 9.59 Å². The van der Waals surface area contributed by atoms with Gasteiger partial charge in [0.05, 0.1) is 23.4 Å². The Labute approximate surface area is 183 Å². The first-order chi connectivity index (χ1) is 14.5. The number of carbonyl (C=O) groups excluding carboxylic acids is 2. The third-order valence-electron chi connectivity index (χ3n) is 4.05. The number of ether oxygens (including phenoxy) is 2. The highest BCUT2D eigenvalue weighted by Crippen LogP contribution is 2.27. The Bertz CT molecular complexity index is 1060. The van der Waals surface area contributed by atoms with Crippen LogP contribution in [0.4, 0.5) is 11.4 Å². The predicted molar refractivity (Wildman–Crippen MR) is 118 cm³/mol. The molecule has 8 heteroatoms. The molecular weight excluding hydrogens is 427 g/mol. The summed E-state index contributed by atoms with van der Waals surface area (Å²) in [5.74, 6) is 0.214. The van der Waals surface area contributed by atoms with Crippen LogP contribution in [0, 0.1) is 0 Å². The third-order valence-corrected chi connectivity index (χ3v) is 4.58. The van der Waals surface area contributed by atoms with E-state index in [1.165, 1.54) is 6.07 Å². The molecule has 0 fully saturated rings. The Morgan fingerprint density at radius 2 is 1.67 bits per heavy atom. The molecule has 0 bridgehead atoms. The van der Waals surface area contributed by atoms with E-state index in [4.69, 9.17) is 32.7 Å². The fraction of sp³-hybridized carbons (Fsp3) is 0.0909. The van der Waals surface area contributed by atoms with Gasteiger partial charge in [-0.05, 0) is 54.6 Å². The zero-order chi connectivity index (χ0) is 21.5. The highest BCUT2D eigenvalue weighted by Gasteiger charge is 2.14. The second kappa shape index (κ2) is 10.0. The van der Waals surface area contributed by atoms with Gasteiger partial charge in [0.15, 0.2) is 6.61 Å². The Morgan fingerprint density at radius 3 is 2.37 bits per heavy atom. The molecule has 3 aromatic rings. The average molecular weight is 445 g/mol. The van der Waals surface area contributed by atoms with Crippen LogP contribution in [0.5, 0.6) is 11.5 Å². The maximum absolute atomic E-state index is 12.7. The largest absolute Gasteiger partial charge is 0.497 e. The van der Waals surface area contributed by atoms with Crippen LogP contribution in [-0.2, 0) is 4.79 Å². The Kier molecular flexibility index (Phi) is 7.17. The van der Waals surface area contributed by atoms with Gasteiger partial charge in [0.25, 0.3) is 11.8 Å². The molecule has 0 radical (unpaired) electrons. The molecule has 0 saturated heterocycles. The fourth-order valence-corrected chi connectivity index (χ4v) is 3.05.